The molecule has 0 saturated heterocycles. The first-order chi connectivity index (χ1) is 8.99. The van der Waals surface area contributed by atoms with Crippen LogP contribution in [0.4, 0.5) is 0 Å². The average Bonchev–Trinajstić information content (AvgIpc) is 2.85. The SMILES string of the molecule is Cn1nccc1S(=O)(=O)NCC1(CCl)CCCCC1. The van der Waals surface area contributed by atoms with Gasteiger partial charge in [0.2, 0.25) is 0 Å². The topological polar surface area (TPSA) is 64.0 Å². The van der Waals surface area contributed by atoms with Gasteiger partial charge >= 0.3 is 0 Å². The van der Waals surface area contributed by atoms with Crippen molar-refractivity contribution in [1.29, 1.82) is 0 Å². The zero-order valence-corrected chi connectivity index (χ0v) is 12.7. The van der Waals surface area contributed by atoms with Gasteiger partial charge in [0.1, 0.15) is 0 Å². The van der Waals surface area contributed by atoms with Gasteiger partial charge in [0.05, 0.1) is 6.20 Å². The average molecular weight is 306 g/mol. The molecule has 1 saturated carbocycles. The fourth-order valence-corrected chi connectivity index (χ4v) is 4.25. The maximum Gasteiger partial charge on any atom is 0.257 e. The van der Waals surface area contributed by atoms with E-state index in [1.807, 2.05) is 0 Å². The number of alkyl halides is 1. The van der Waals surface area contributed by atoms with Gasteiger partial charge < -0.3 is 0 Å². The van der Waals surface area contributed by atoms with E-state index in [9.17, 15) is 8.42 Å². The molecule has 0 aliphatic heterocycles. The highest BCUT2D eigenvalue weighted by atomic mass is 35.5. The highest BCUT2D eigenvalue weighted by molar-refractivity contribution is 7.89. The summed E-state index contributed by atoms with van der Waals surface area (Å²) in [7, 11) is -1.89. The van der Waals surface area contributed by atoms with Gasteiger partial charge in [-0.2, -0.15) is 5.10 Å². The molecule has 19 heavy (non-hydrogen) atoms. The minimum atomic E-state index is -3.50. The molecule has 1 aromatic heterocycles. The molecule has 2 rings (SSSR count). The maximum atomic E-state index is 12.2. The second kappa shape index (κ2) is 5.81. The molecule has 0 atom stereocenters. The molecule has 0 unspecified atom stereocenters. The third kappa shape index (κ3) is 3.30. The van der Waals surface area contributed by atoms with E-state index in [0.717, 1.165) is 25.7 Å². The summed E-state index contributed by atoms with van der Waals surface area (Å²) in [6.45, 7) is 0.407. The van der Waals surface area contributed by atoms with Crippen molar-refractivity contribution in [3.05, 3.63) is 12.3 Å². The number of hydrogen-bond acceptors (Lipinski definition) is 3. The molecular weight excluding hydrogens is 286 g/mol. The Morgan fingerprint density at radius 2 is 2.11 bits per heavy atom. The van der Waals surface area contributed by atoms with Crippen LogP contribution in [0.5, 0.6) is 0 Å². The van der Waals surface area contributed by atoms with E-state index in [2.05, 4.69) is 9.82 Å². The number of nitrogens with zero attached hydrogens (tertiary/aromatic N) is 2. The number of halogens is 1. The van der Waals surface area contributed by atoms with Crippen molar-refractivity contribution in [3.63, 3.8) is 0 Å². The smallest absolute Gasteiger partial charge is 0.256 e. The summed E-state index contributed by atoms with van der Waals surface area (Å²) in [6, 6.07) is 1.50. The molecule has 1 N–H and O–H groups in total. The summed E-state index contributed by atoms with van der Waals surface area (Å²) in [5.74, 6) is 0.501. The Morgan fingerprint density at radius 1 is 1.42 bits per heavy atom. The molecule has 0 aromatic carbocycles. The largest absolute Gasteiger partial charge is 0.257 e. The number of rotatable bonds is 5. The van der Waals surface area contributed by atoms with Gasteiger partial charge in [-0.1, -0.05) is 19.3 Å². The highest BCUT2D eigenvalue weighted by Gasteiger charge is 2.33. The van der Waals surface area contributed by atoms with Crippen molar-refractivity contribution in [2.45, 2.75) is 37.1 Å². The number of hydrogen-bond donors (Lipinski definition) is 1. The Balaban J connectivity index is 2.07. The van der Waals surface area contributed by atoms with Crippen LogP contribution in [0.3, 0.4) is 0 Å². The van der Waals surface area contributed by atoms with Gasteiger partial charge in [0, 0.05) is 19.5 Å². The molecule has 1 aliphatic rings. The van der Waals surface area contributed by atoms with Crippen molar-refractivity contribution < 1.29 is 8.42 Å². The molecular formula is C12H20ClN3O2S. The second-order valence-corrected chi connectivity index (χ2v) is 7.29. The van der Waals surface area contributed by atoms with Crippen LogP contribution in [0.25, 0.3) is 0 Å². The summed E-state index contributed by atoms with van der Waals surface area (Å²) < 4.78 is 28.4. The summed E-state index contributed by atoms with van der Waals surface area (Å²) in [5.41, 5.74) is -0.0918. The first-order valence-electron chi connectivity index (χ1n) is 6.53. The fraction of sp³-hybridized carbons (Fsp3) is 0.750. The first-order valence-corrected chi connectivity index (χ1v) is 8.55. The fourth-order valence-electron chi connectivity index (χ4n) is 2.61. The normalized spacial score (nSPS) is 19.5. The second-order valence-electron chi connectivity index (χ2n) is 5.31. The van der Waals surface area contributed by atoms with E-state index in [1.165, 1.54) is 23.4 Å². The van der Waals surface area contributed by atoms with Crippen molar-refractivity contribution in [3.8, 4) is 0 Å². The van der Waals surface area contributed by atoms with E-state index < -0.39 is 10.0 Å². The van der Waals surface area contributed by atoms with Crippen molar-refractivity contribution in [2.75, 3.05) is 12.4 Å². The number of aromatic nitrogens is 2. The lowest BCUT2D eigenvalue weighted by molar-refractivity contribution is 0.223. The van der Waals surface area contributed by atoms with Gasteiger partial charge in [-0.3, -0.25) is 4.68 Å². The third-order valence-corrected chi connectivity index (χ3v) is 5.93. The van der Waals surface area contributed by atoms with Crippen molar-refractivity contribution in [2.24, 2.45) is 12.5 Å². The molecule has 0 spiro atoms. The molecule has 1 fully saturated rings. The Kier molecular flexibility index (Phi) is 4.53. The summed E-state index contributed by atoms with van der Waals surface area (Å²) in [6.07, 6.45) is 6.93. The molecule has 5 nitrogen and oxygen atoms in total. The minimum absolute atomic E-state index is 0.0918. The monoisotopic (exact) mass is 305 g/mol. The number of nitrogens with one attached hydrogen (secondary N) is 1. The van der Waals surface area contributed by atoms with Crippen LogP contribution in [-0.4, -0.2) is 30.6 Å². The Bertz CT molecular complexity index is 521. The van der Waals surface area contributed by atoms with Crippen LogP contribution >= 0.6 is 11.6 Å². The van der Waals surface area contributed by atoms with Crippen LogP contribution in [0, 0.1) is 5.41 Å². The molecule has 1 aliphatic carbocycles. The summed E-state index contributed by atoms with van der Waals surface area (Å²) >= 11 is 6.07. The lowest BCUT2D eigenvalue weighted by atomic mass is 9.76. The van der Waals surface area contributed by atoms with E-state index >= 15 is 0 Å². The number of aryl methyl sites for hydroxylation is 1. The zero-order valence-electron chi connectivity index (χ0n) is 11.1. The standard InChI is InChI=1S/C12H20ClN3O2S/c1-16-11(5-8-14-16)19(17,18)15-10-12(9-13)6-3-2-4-7-12/h5,8,15H,2-4,6-7,9-10H2,1H3. The van der Waals surface area contributed by atoms with E-state index in [1.54, 1.807) is 7.05 Å². The lowest BCUT2D eigenvalue weighted by Gasteiger charge is -2.35. The van der Waals surface area contributed by atoms with E-state index in [4.69, 9.17) is 11.6 Å². The van der Waals surface area contributed by atoms with Gasteiger partial charge in [-0.05, 0) is 24.3 Å². The Hall–Kier alpha value is -0.590. The molecule has 0 amide bonds. The highest BCUT2D eigenvalue weighted by Crippen LogP contribution is 2.37. The van der Waals surface area contributed by atoms with Crippen LogP contribution in [0.2, 0.25) is 0 Å². The molecule has 1 aromatic rings. The van der Waals surface area contributed by atoms with Crippen LogP contribution < -0.4 is 4.72 Å². The molecule has 108 valence electrons. The van der Waals surface area contributed by atoms with Gasteiger partial charge in [-0.15, -0.1) is 11.6 Å². The van der Waals surface area contributed by atoms with Gasteiger partial charge in [0.25, 0.3) is 10.0 Å². The predicted molar refractivity (Wildman–Crippen MR) is 74.6 cm³/mol. The first kappa shape index (κ1) is 14.8. The van der Waals surface area contributed by atoms with Crippen LogP contribution in [0.1, 0.15) is 32.1 Å². The predicted octanol–water partition coefficient (Wildman–Crippen LogP) is 1.89. The molecule has 7 heteroatoms. The maximum absolute atomic E-state index is 12.2. The van der Waals surface area contributed by atoms with E-state index in [0.29, 0.717) is 12.4 Å². The Labute approximate surface area is 119 Å². The Morgan fingerprint density at radius 3 is 2.63 bits per heavy atom. The molecule has 1 heterocycles. The van der Waals surface area contributed by atoms with Crippen LogP contribution in [0.15, 0.2) is 17.3 Å². The summed E-state index contributed by atoms with van der Waals surface area (Å²) in [5, 5.41) is 4.07. The molecule has 0 radical (unpaired) electrons. The lowest BCUT2D eigenvalue weighted by Crippen LogP contribution is -2.40. The van der Waals surface area contributed by atoms with Crippen LogP contribution in [-0.2, 0) is 17.1 Å². The van der Waals surface area contributed by atoms with E-state index in [-0.39, 0.29) is 10.4 Å². The third-order valence-electron chi connectivity index (χ3n) is 3.89. The van der Waals surface area contributed by atoms with Gasteiger partial charge in [0.15, 0.2) is 5.03 Å². The van der Waals surface area contributed by atoms with Crippen molar-refractivity contribution in [1.82, 2.24) is 14.5 Å². The van der Waals surface area contributed by atoms with Gasteiger partial charge in [-0.25, -0.2) is 13.1 Å². The zero-order chi connectivity index (χ0) is 13.9. The molecule has 0 bridgehead atoms. The summed E-state index contributed by atoms with van der Waals surface area (Å²) in [4.78, 5) is 0. The number of sulfonamides is 1. The quantitative estimate of drug-likeness (QED) is 0.845. The van der Waals surface area contributed by atoms with Crippen molar-refractivity contribution >= 4 is 21.6 Å². The minimum Gasteiger partial charge on any atom is -0.256 e.